The molecular formula is C12H15F3N2O2S. The number of nitrogens with zero attached hydrogens (tertiary/aromatic N) is 1. The fraction of sp³-hybridized carbons (Fsp3) is 0.500. The van der Waals surface area contributed by atoms with Crippen LogP contribution in [0.25, 0.3) is 0 Å². The van der Waals surface area contributed by atoms with Crippen LogP contribution < -0.4 is 10.5 Å². The topological polar surface area (TPSA) is 57.4 Å². The van der Waals surface area contributed by atoms with Crippen molar-refractivity contribution in [3.8, 4) is 5.88 Å². The van der Waals surface area contributed by atoms with Crippen LogP contribution in [0.4, 0.5) is 13.2 Å². The predicted octanol–water partition coefficient (Wildman–Crippen LogP) is 2.54. The molecule has 112 valence electrons. The van der Waals surface area contributed by atoms with Crippen LogP contribution in [-0.2, 0) is 10.9 Å². The summed E-state index contributed by atoms with van der Waals surface area (Å²) in [6.45, 7) is 4.16. The zero-order valence-corrected chi connectivity index (χ0v) is 11.8. The van der Waals surface area contributed by atoms with Crippen LogP contribution in [0.1, 0.15) is 25.1 Å². The van der Waals surface area contributed by atoms with E-state index in [2.05, 4.69) is 4.98 Å². The zero-order valence-electron chi connectivity index (χ0n) is 11.0. The van der Waals surface area contributed by atoms with Gasteiger partial charge in [0.05, 0.1) is 12.2 Å². The second-order valence-electron chi connectivity index (χ2n) is 4.00. The van der Waals surface area contributed by atoms with E-state index in [0.29, 0.717) is 6.61 Å². The molecule has 0 aliphatic heterocycles. The molecular weight excluding hydrogens is 293 g/mol. The Hall–Kier alpha value is -1.41. The van der Waals surface area contributed by atoms with Crippen LogP contribution >= 0.6 is 12.2 Å². The summed E-state index contributed by atoms with van der Waals surface area (Å²) in [6.07, 6.45) is -5.03. The monoisotopic (exact) mass is 308 g/mol. The highest BCUT2D eigenvalue weighted by Crippen LogP contribution is 2.30. The Morgan fingerprint density at radius 3 is 2.60 bits per heavy atom. The molecule has 2 N–H and O–H groups in total. The van der Waals surface area contributed by atoms with Gasteiger partial charge in [-0.3, -0.25) is 0 Å². The van der Waals surface area contributed by atoms with E-state index in [1.807, 2.05) is 0 Å². The molecule has 0 spiro atoms. The van der Waals surface area contributed by atoms with E-state index in [0.717, 1.165) is 12.1 Å². The van der Waals surface area contributed by atoms with E-state index < -0.39 is 18.0 Å². The highest BCUT2D eigenvalue weighted by molar-refractivity contribution is 7.80. The number of ether oxygens (including phenoxy) is 2. The van der Waals surface area contributed by atoms with Crippen molar-refractivity contribution >= 4 is 17.2 Å². The van der Waals surface area contributed by atoms with Gasteiger partial charge in [-0.1, -0.05) is 12.2 Å². The van der Waals surface area contributed by atoms with Gasteiger partial charge in [-0.15, -0.1) is 0 Å². The lowest BCUT2D eigenvalue weighted by atomic mass is 10.2. The molecule has 1 unspecified atom stereocenters. The molecule has 0 amide bonds. The molecule has 0 aromatic carbocycles. The minimum atomic E-state index is -4.56. The number of pyridine rings is 1. The molecule has 0 aliphatic rings. The van der Waals surface area contributed by atoms with Crippen molar-refractivity contribution < 1.29 is 22.6 Å². The summed E-state index contributed by atoms with van der Waals surface area (Å²) in [5.41, 5.74) is 4.55. The first kappa shape index (κ1) is 16.6. The van der Waals surface area contributed by atoms with E-state index in [1.54, 1.807) is 13.8 Å². The van der Waals surface area contributed by atoms with E-state index in [4.69, 9.17) is 27.4 Å². The van der Waals surface area contributed by atoms with Gasteiger partial charge in [0.1, 0.15) is 16.8 Å². The lowest BCUT2D eigenvalue weighted by molar-refractivity contribution is -0.141. The highest BCUT2D eigenvalue weighted by atomic mass is 32.1. The molecule has 0 saturated carbocycles. The normalized spacial score (nSPS) is 13.1. The van der Waals surface area contributed by atoms with Crippen LogP contribution in [0.5, 0.6) is 5.88 Å². The van der Waals surface area contributed by atoms with Crippen molar-refractivity contribution in [1.82, 2.24) is 4.98 Å². The van der Waals surface area contributed by atoms with Crippen LogP contribution in [-0.4, -0.2) is 29.3 Å². The Morgan fingerprint density at radius 2 is 2.10 bits per heavy atom. The predicted molar refractivity (Wildman–Crippen MR) is 71.7 cm³/mol. The van der Waals surface area contributed by atoms with Crippen molar-refractivity contribution in [3.63, 3.8) is 0 Å². The Balaban J connectivity index is 3.03. The number of thiocarbonyl (C=S) groups is 1. The van der Waals surface area contributed by atoms with Crippen LogP contribution in [0.15, 0.2) is 12.1 Å². The van der Waals surface area contributed by atoms with E-state index >= 15 is 0 Å². The van der Waals surface area contributed by atoms with Crippen molar-refractivity contribution in [2.75, 3.05) is 13.2 Å². The zero-order chi connectivity index (χ0) is 15.3. The molecule has 1 rings (SSSR count). The summed E-state index contributed by atoms with van der Waals surface area (Å²) in [5.74, 6) is -0.237. The van der Waals surface area contributed by atoms with Crippen molar-refractivity contribution in [1.29, 1.82) is 0 Å². The van der Waals surface area contributed by atoms with Crippen molar-refractivity contribution in [2.45, 2.75) is 26.1 Å². The Kier molecular flexibility index (Phi) is 5.70. The first-order valence-electron chi connectivity index (χ1n) is 5.88. The molecule has 1 aromatic rings. The number of rotatable bonds is 6. The minimum absolute atomic E-state index is 0.0789. The average Bonchev–Trinajstić information content (AvgIpc) is 2.34. The van der Waals surface area contributed by atoms with Gasteiger partial charge in [0.2, 0.25) is 5.88 Å². The van der Waals surface area contributed by atoms with Gasteiger partial charge in [0.25, 0.3) is 0 Å². The molecule has 8 heteroatoms. The molecule has 1 aromatic heterocycles. The molecule has 0 fully saturated rings. The molecule has 4 nitrogen and oxygen atoms in total. The number of hydrogen-bond acceptors (Lipinski definition) is 4. The summed E-state index contributed by atoms with van der Waals surface area (Å²) in [7, 11) is 0. The van der Waals surface area contributed by atoms with Gasteiger partial charge in [0, 0.05) is 6.61 Å². The summed E-state index contributed by atoms with van der Waals surface area (Å²) in [6, 6.07) is 1.97. The van der Waals surface area contributed by atoms with Gasteiger partial charge >= 0.3 is 6.18 Å². The number of alkyl halides is 3. The number of nitrogens with two attached hydrogens (primary N) is 1. The summed E-state index contributed by atoms with van der Waals surface area (Å²) in [4.78, 5) is 3.36. The first-order valence-corrected chi connectivity index (χ1v) is 6.29. The molecule has 0 aliphatic carbocycles. The van der Waals surface area contributed by atoms with Gasteiger partial charge in [0.15, 0.2) is 0 Å². The fourth-order valence-electron chi connectivity index (χ4n) is 1.38. The third-order valence-corrected chi connectivity index (χ3v) is 2.51. The van der Waals surface area contributed by atoms with Gasteiger partial charge in [-0.05, 0) is 26.0 Å². The highest BCUT2D eigenvalue weighted by Gasteiger charge is 2.33. The van der Waals surface area contributed by atoms with Crippen LogP contribution in [0.2, 0.25) is 0 Å². The molecule has 0 radical (unpaired) electrons. The molecule has 1 atom stereocenters. The lowest BCUT2D eigenvalue weighted by Gasteiger charge is -2.17. The SMILES string of the molecule is CCOCC(C)Oc1nc(C(F)(F)F)ccc1C(N)=S. The van der Waals surface area contributed by atoms with E-state index in [9.17, 15) is 13.2 Å². The molecule has 0 saturated heterocycles. The quantitative estimate of drug-likeness (QED) is 0.819. The fourth-order valence-corrected chi connectivity index (χ4v) is 1.54. The van der Waals surface area contributed by atoms with Crippen molar-refractivity contribution in [2.24, 2.45) is 5.73 Å². The third kappa shape index (κ3) is 4.61. The van der Waals surface area contributed by atoms with E-state index in [1.165, 1.54) is 0 Å². The maximum absolute atomic E-state index is 12.6. The Morgan fingerprint density at radius 1 is 1.45 bits per heavy atom. The lowest BCUT2D eigenvalue weighted by Crippen LogP contribution is -2.23. The number of halogens is 3. The van der Waals surface area contributed by atoms with Gasteiger partial charge in [-0.2, -0.15) is 13.2 Å². The summed E-state index contributed by atoms with van der Waals surface area (Å²) < 4.78 is 48.4. The summed E-state index contributed by atoms with van der Waals surface area (Å²) >= 11 is 4.77. The van der Waals surface area contributed by atoms with Crippen LogP contribution in [0.3, 0.4) is 0 Å². The summed E-state index contributed by atoms with van der Waals surface area (Å²) in [5, 5.41) is 0. The first-order chi connectivity index (χ1) is 9.25. The maximum atomic E-state index is 12.6. The standard InChI is InChI=1S/C12H15F3N2O2S/c1-3-18-6-7(2)19-11-8(10(16)20)4-5-9(17-11)12(13,14)15/h4-5,7H,3,6H2,1-2H3,(H2,16,20). The Bertz CT molecular complexity index is 480. The maximum Gasteiger partial charge on any atom is 0.433 e. The number of aromatic nitrogens is 1. The van der Waals surface area contributed by atoms with Gasteiger partial charge in [-0.25, -0.2) is 4.98 Å². The second-order valence-corrected chi connectivity index (χ2v) is 4.44. The third-order valence-electron chi connectivity index (χ3n) is 2.29. The smallest absolute Gasteiger partial charge is 0.433 e. The molecule has 20 heavy (non-hydrogen) atoms. The second kappa shape index (κ2) is 6.85. The average molecular weight is 308 g/mol. The number of hydrogen-bond donors (Lipinski definition) is 1. The largest absolute Gasteiger partial charge is 0.472 e. The Labute approximate surface area is 120 Å². The van der Waals surface area contributed by atoms with Gasteiger partial charge < -0.3 is 15.2 Å². The van der Waals surface area contributed by atoms with Crippen LogP contribution in [0, 0.1) is 0 Å². The minimum Gasteiger partial charge on any atom is -0.472 e. The van der Waals surface area contributed by atoms with E-state index in [-0.39, 0.29) is 23.0 Å². The molecule has 1 heterocycles. The molecule has 0 bridgehead atoms. The van der Waals surface area contributed by atoms with Crippen molar-refractivity contribution in [3.05, 3.63) is 23.4 Å².